The number of nitrogens with zero attached hydrogens (tertiary/aromatic N) is 5. The molecule has 0 radical (unpaired) electrons. The van der Waals surface area contributed by atoms with E-state index in [0.717, 1.165) is 45.7 Å². The van der Waals surface area contributed by atoms with E-state index < -0.39 is 0 Å². The first-order valence-electron chi connectivity index (χ1n) is 15.0. The fraction of sp³-hybridized carbons (Fsp3) is 0.581. The minimum Gasteiger partial charge on any atom is -0.351 e. The van der Waals surface area contributed by atoms with Gasteiger partial charge >= 0.3 is 0 Å². The van der Waals surface area contributed by atoms with E-state index in [9.17, 15) is 14.4 Å². The van der Waals surface area contributed by atoms with Gasteiger partial charge in [-0.3, -0.25) is 19.1 Å². The zero-order valence-corrected chi connectivity index (χ0v) is 25.3. The molecule has 3 heterocycles. The summed E-state index contributed by atoms with van der Waals surface area (Å²) in [7, 11) is 1.90. The van der Waals surface area contributed by atoms with Crippen molar-refractivity contribution in [2.45, 2.75) is 77.7 Å². The van der Waals surface area contributed by atoms with Crippen LogP contribution in [-0.4, -0.2) is 74.5 Å². The molecule has 10 heteroatoms. The predicted molar refractivity (Wildman–Crippen MR) is 161 cm³/mol. The maximum Gasteiger partial charge on any atom is 0.272 e. The number of amides is 3. The zero-order chi connectivity index (χ0) is 28.9. The Balaban J connectivity index is 1.30. The molecule has 3 aromatic rings. The lowest BCUT2D eigenvalue weighted by Gasteiger charge is -2.35. The number of hydrogen-bond acceptors (Lipinski definition) is 6. The Bertz CT molecular complexity index is 1360. The van der Waals surface area contributed by atoms with Crippen molar-refractivity contribution in [3.05, 3.63) is 46.2 Å². The van der Waals surface area contributed by atoms with Crippen LogP contribution in [-0.2, 0) is 35.9 Å². The average molecular weight is 579 g/mol. The molecule has 9 nitrogen and oxygen atoms in total. The number of aryl methyl sites for hydroxylation is 2. The molecule has 3 amide bonds. The lowest BCUT2D eigenvalue weighted by Crippen LogP contribution is -2.45. The SMILES string of the molecule is CC(C)CCN1C(=O)CCCN(C(=O)CCc2nc3ccccc3s2)CCCNC(=O)c2nn(C)c3c2CC1CC3. The molecular weight excluding hydrogens is 536 g/mol. The van der Waals surface area contributed by atoms with Crippen LogP contribution in [0.3, 0.4) is 0 Å². The highest BCUT2D eigenvalue weighted by Crippen LogP contribution is 2.28. The molecule has 0 saturated carbocycles. The molecule has 2 bridgehead atoms. The third-order valence-corrected chi connectivity index (χ3v) is 9.40. The molecule has 2 aliphatic rings. The molecule has 0 fully saturated rings. The van der Waals surface area contributed by atoms with Gasteiger partial charge in [-0.25, -0.2) is 4.98 Å². The van der Waals surface area contributed by atoms with Crippen LogP contribution in [0.25, 0.3) is 10.2 Å². The number of carbonyl (C=O) groups excluding carboxylic acids is 3. The van der Waals surface area contributed by atoms with Gasteiger partial charge in [0.25, 0.3) is 5.91 Å². The summed E-state index contributed by atoms with van der Waals surface area (Å²) in [5.41, 5.74) is 3.51. The number of thiazole rings is 1. The smallest absolute Gasteiger partial charge is 0.272 e. The number of rotatable bonds is 6. The third kappa shape index (κ3) is 6.97. The van der Waals surface area contributed by atoms with Crippen LogP contribution in [0.1, 0.15) is 79.1 Å². The summed E-state index contributed by atoms with van der Waals surface area (Å²) in [6.45, 7) is 6.61. The van der Waals surface area contributed by atoms with Crippen molar-refractivity contribution in [2.75, 3.05) is 26.2 Å². The van der Waals surface area contributed by atoms with Gasteiger partial charge in [0.2, 0.25) is 11.8 Å². The van der Waals surface area contributed by atoms with E-state index in [4.69, 9.17) is 0 Å². The van der Waals surface area contributed by atoms with Gasteiger partial charge < -0.3 is 15.1 Å². The first-order chi connectivity index (χ1) is 19.8. The molecular formula is C31H42N6O3S. The number of hydrogen-bond donors (Lipinski definition) is 1. The Kier molecular flexibility index (Phi) is 9.37. The molecule has 41 heavy (non-hydrogen) atoms. The van der Waals surface area contributed by atoms with Crippen LogP contribution in [0.15, 0.2) is 24.3 Å². The van der Waals surface area contributed by atoms with E-state index in [1.165, 1.54) is 0 Å². The van der Waals surface area contributed by atoms with Crippen molar-refractivity contribution in [1.29, 1.82) is 0 Å². The van der Waals surface area contributed by atoms with Crippen LogP contribution in [0.5, 0.6) is 0 Å². The highest BCUT2D eigenvalue weighted by atomic mass is 32.1. The number of nitrogens with one attached hydrogen (secondary N) is 1. The fourth-order valence-corrected chi connectivity index (χ4v) is 6.97. The zero-order valence-electron chi connectivity index (χ0n) is 24.5. The van der Waals surface area contributed by atoms with Crippen molar-refractivity contribution in [2.24, 2.45) is 13.0 Å². The van der Waals surface area contributed by atoms with Crippen molar-refractivity contribution in [1.82, 2.24) is 29.9 Å². The molecule has 1 N–H and O–H groups in total. The third-order valence-electron chi connectivity index (χ3n) is 8.31. The Morgan fingerprint density at radius 1 is 1.15 bits per heavy atom. The van der Waals surface area contributed by atoms with E-state index >= 15 is 0 Å². The van der Waals surface area contributed by atoms with Crippen LogP contribution in [0.4, 0.5) is 0 Å². The van der Waals surface area contributed by atoms with Gasteiger partial charge in [0.05, 0.1) is 15.2 Å². The molecule has 1 atom stereocenters. The molecule has 0 spiro atoms. The lowest BCUT2D eigenvalue weighted by molar-refractivity contribution is -0.135. The Labute approximate surface area is 246 Å². The monoisotopic (exact) mass is 578 g/mol. The Morgan fingerprint density at radius 2 is 1.95 bits per heavy atom. The number of benzene rings is 1. The second-order valence-electron chi connectivity index (χ2n) is 11.7. The highest BCUT2D eigenvalue weighted by Gasteiger charge is 2.33. The summed E-state index contributed by atoms with van der Waals surface area (Å²) in [4.78, 5) is 48.8. The molecule has 220 valence electrons. The highest BCUT2D eigenvalue weighted by molar-refractivity contribution is 7.18. The standard InChI is InChI=1S/C31H42N6O3S/c1-21(2)15-19-37-22-11-12-25-23(20-22)30(34-35(25)3)31(40)32-16-7-18-36(17-6-10-29(37)39)28(38)14-13-27-33-24-8-4-5-9-26(24)41-27/h4-5,8-9,21-22H,6-7,10-20H2,1-3H3,(H,32,40). The summed E-state index contributed by atoms with van der Waals surface area (Å²) in [5.74, 6) is 0.523. The van der Waals surface area contributed by atoms with Gasteiger partial charge in [-0.2, -0.15) is 5.10 Å². The van der Waals surface area contributed by atoms with Crippen molar-refractivity contribution >= 4 is 39.3 Å². The molecule has 1 aliphatic carbocycles. The average Bonchev–Trinajstić information content (AvgIpc) is 3.52. The summed E-state index contributed by atoms with van der Waals surface area (Å²) in [6.07, 6.45) is 5.94. The van der Waals surface area contributed by atoms with E-state index in [2.05, 4.69) is 40.2 Å². The van der Waals surface area contributed by atoms with E-state index in [0.29, 0.717) is 76.3 Å². The summed E-state index contributed by atoms with van der Waals surface area (Å²) >= 11 is 1.63. The minimum atomic E-state index is -0.175. The first kappa shape index (κ1) is 29.2. The van der Waals surface area contributed by atoms with Crippen molar-refractivity contribution < 1.29 is 14.4 Å². The first-order valence-corrected chi connectivity index (χ1v) is 15.9. The number of para-hydroxylation sites is 1. The summed E-state index contributed by atoms with van der Waals surface area (Å²) in [5, 5.41) is 8.58. The molecule has 5 rings (SSSR count). The minimum absolute atomic E-state index is 0.0566. The molecule has 1 aromatic carbocycles. The summed E-state index contributed by atoms with van der Waals surface area (Å²) < 4.78 is 2.96. The predicted octanol–water partition coefficient (Wildman–Crippen LogP) is 4.14. The van der Waals surface area contributed by atoms with E-state index in [-0.39, 0.29) is 23.8 Å². The Hall–Kier alpha value is -3.27. The van der Waals surface area contributed by atoms with Crippen LogP contribution in [0, 0.1) is 5.92 Å². The van der Waals surface area contributed by atoms with Crippen molar-refractivity contribution in [3.63, 3.8) is 0 Å². The van der Waals surface area contributed by atoms with Gasteiger partial charge in [0.15, 0.2) is 5.69 Å². The normalized spacial score (nSPS) is 18.9. The maximum atomic E-state index is 13.6. The van der Waals surface area contributed by atoms with Gasteiger partial charge in [-0.05, 0) is 56.6 Å². The second kappa shape index (κ2) is 13.1. The fourth-order valence-electron chi connectivity index (χ4n) is 6.01. The van der Waals surface area contributed by atoms with Gasteiger partial charge in [-0.1, -0.05) is 26.0 Å². The number of fused-ring (bicyclic) bond motifs is 2. The van der Waals surface area contributed by atoms with Crippen molar-refractivity contribution in [3.8, 4) is 0 Å². The molecule has 2 aromatic heterocycles. The van der Waals surface area contributed by atoms with E-state index in [1.807, 2.05) is 34.8 Å². The molecule has 1 aliphatic heterocycles. The van der Waals surface area contributed by atoms with Crippen LogP contribution >= 0.6 is 11.3 Å². The van der Waals surface area contributed by atoms with Gasteiger partial charge in [0.1, 0.15) is 0 Å². The van der Waals surface area contributed by atoms with Crippen LogP contribution in [0.2, 0.25) is 0 Å². The molecule has 1 unspecified atom stereocenters. The maximum absolute atomic E-state index is 13.6. The number of carbonyl (C=O) groups is 3. The largest absolute Gasteiger partial charge is 0.351 e. The Morgan fingerprint density at radius 3 is 2.76 bits per heavy atom. The van der Waals surface area contributed by atoms with Gasteiger partial charge in [-0.15, -0.1) is 11.3 Å². The quantitative estimate of drug-likeness (QED) is 0.474. The topological polar surface area (TPSA) is 100 Å². The molecule has 0 saturated heterocycles. The number of aromatic nitrogens is 3. The van der Waals surface area contributed by atoms with Gasteiger partial charge in [0, 0.05) is 69.8 Å². The second-order valence-corrected chi connectivity index (χ2v) is 12.8. The van der Waals surface area contributed by atoms with Crippen LogP contribution < -0.4 is 5.32 Å². The van der Waals surface area contributed by atoms with E-state index in [1.54, 1.807) is 11.3 Å². The lowest BCUT2D eigenvalue weighted by atomic mass is 9.89. The summed E-state index contributed by atoms with van der Waals surface area (Å²) in [6, 6.07) is 8.09.